The highest BCUT2D eigenvalue weighted by Gasteiger charge is 2.34. The van der Waals surface area contributed by atoms with Crippen molar-refractivity contribution in [3.63, 3.8) is 0 Å². The Morgan fingerprint density at radius 1 is 0.789 bits per heavy atom. The molecule has 4 rings (SSSR count). The summed E-state index contributed by atoms with van der Waals surface area (Å²) in [6.45, 7) is 0. The van der Waals surface area contributed by atoms with Gasteiger partial charge in [-0.1, -0.05) is 82.7 Å². The van der Waals surface area contributed by atoms with Crippen LogP contribution in [0.5, 0.6) is 0 Å². The molecular formula is C18H13Br. The van der Waals surface area contributed by atoms with Crippen molar-refractivity contribution in [2.45, 2.75) is 11.8 Å². The lowest BCUT2D eigenvalue weighted by molar-refractivity contribution is 0.713. The molecular weight excluding hydrogens is 296 g/mol. The van der Waals surface area contributed by atoms with E-state index in [9.17, 15) is 0 Å². The molecule has 0 amide bonds. The third-order valence-corrected chi connectivity index (χ3v) is 4.89. The minimum atomic E-state index is 0.427. The van der Waals surface area contributed by atoms with Gasteiger partial charge in [-0.25, -0.2) is 0 Å². The SMILES string of the molecule is BrC1=CC=CC2c3ccccc3-c3ccccc3C12. The highest BCUT2D eigenvalue weighted by Crippen LogP contribution is 2.52. The van der Waals surface area contributed by atoms with E-state index in [2.05, 4.69) is 82.7 Å². The number of fused-ring (bicyclic) bond motifs is 6. The predicted octanol–water partition coefficient (Wildman–Crippen LogP) is 5.38. The zero-order valence-corrected chi connectivity index (χ0v) is 12.0. The molecule has 92 valence electrons. The molecule has 0 spiro atoms. The molecule has 0 saturated carbocycles. The van der Waals surface area contributed by atoms with Gasteiger partial charge in [0.25, 0.3) is 0 Å². The molecule has 0 aromatic heterocycles. The topological polar surface area (TPSA) is 0 Å². The zero-order valence-electron chi connectivity index (χ0n) is 10.4. The largest absolute Gasteiger partial charge is 0.0760 e. The van der Waals surface area contributed by atoms with Crippen LogP contribution in [-0.4, -0.2) is 0 Å². The van der Waals surface area contributed by atoms with Gasteiger partial charge in [-0.3, -0.25) is 0 Å². The highest BCUT2D eigenvalue weighted by molar-refractivity contribution is 9.11. The first-order chi connectivity index (χ1) is 9.36. The molecule has 0 bridgehead atoms. The van der Waals surface area contributed by atoms with Crippen molar-refractivity contribution in [2.24, 2.45) is 0 Å². The fourth-order valence-corrected chi connectivity index (χ4v) is 4.01. The maximum Gasteiger partial charge on any atom is 0.0265 e. The fraction of sp³-hybridized carbons (Fsp3) is 0.111. The summed E-state index contributed by atoms with van der Waals surface area (Å²) in [4.78, 5) is 0. The summed E-state index contributed by atoms with van der Waals surface area (Å²) in [5.74, 6) is 0.876. The Labute approximate surface area is 121 Å². The van der Waals surface area contributed by atoms with Gasteiger partial charge in [0.05, 0.1) is 0 Å². The van der Waals surface area contributed by atoms with Crippen molar-refractivity contribution in [3.8, 4) is 11.1 Å². The average Bonchev–Trinajstić information content (AvgIpc) is 2.47. The fourth-order valence-electron chi connectivity index (χ4n) is 3.33. The van der Waals surface area contributed by atoms with E-state index in [1.165, 1.54) is 26.7 Å². The summed E-state index contributed by atoms with van der Waals surface area (Å²) in [7, 11) is 0. The first-order valence-corrected chi connectivity index (χ1v) is 7.37. The molecule has 2 atom stereocenters. The molecule has 0 fully saturated rings. The Morgan fingerprint density at radius 2 is 1.42 bits per heavy atom. The van der Waals surface area contributed by atoms with E-state index < -0.39 is 0 Å². The Bertz CT molecular complexity index is 709. The van der Waals surface area contributed by atoms with Crippen LogP contribution in [0.15, 0.2) is 71.2 Å². The average molecular weight is 309 g/mol. The maximum absolute atomic E-state index is 3.76. The first-order valence-electron chi connectivity index (χ1n) is 6.58. The second-order valence-corrected chi connectivity index (χ2v) is 6.03. The van der Waals surface area contributed by atoms with Gasteiger partial charge in [0.15, 0.2) is 0 Å². The molecule has 19 heavy (non-hydrogen) atoms. The molecule has 0 radical (unpaired) electrons. The van der Waals surface area contributed by atoms with Crippen molar-refractivity contribution in [2.75, 3.05) is 0 Å². The van der Waals surface area contributed by atoms with Crippen LogP contribution in [0.4, 0.5) is 0 Å². The number of benzene rings is 2. The Balaban J connectivity index is 2.06. The quantitative estimate of drug-likeness (QED) is 0.612. The van der Waals surface area contributed by atoms with Gasteiger partial charge in [-0.2, -0.15) is 0 Å². The maximum atomic E-state index is 3.76. The van der Waals surface area contributed by atoms with Crippen molar-refractivity contribution in [1.82, 2.24) is 0 Å². The van der Waals surface area contributed by atoms with Gasteiger partial charge < -0.3 is 0 Å². The monoisotopic (exact) mass is 308 g/mol. The lowest BCUT2D eigenvalue weighted by atomic mass is 9.70. The number of allylic oxidation sites excluding steroid dienone is 4. The molecule has 0 heterocycles. The van der Waals surface area contributed by atoms with Crippen LogP contribution < -0.4 is 0 Å². The number of hydrogen-bond acceptors (Lipinski definition) is 0. The van der Waals surface area contributed by atoms with Crippen molar-refractivity contribution >= 4 is 15.9 Å². The molecule has 1 heteroatoms. The van der Waals surface area contributed by atoms with Crippen LogP contribution in [0.2, 0.25) is 0 Å². The van der Waals surface area contributed by atoms with Gasteiger partial charge >= 0.3 is 0 Å². The van der Waals surface area contributed by atoms with E-state index in [0.29, 0.717) is 11.8 Å². The highest BCUT2D eigenvalue weighted by atomic mass is 79.9. The van der Waals surface area contributed by atoms with E-state index in [4.69, 9.17) is 0 Å². The number of hydrogen-bond donors (Lipinski definition) is 0. The van der Waals surface area contributed by atoms with Crippen LogP contribution in [-0.2, 0) is 0 Å². The van der Waals surface area contributed by atoms with Crippen LogP contribution in [0.3, 0.4) is 0 Å². The summed E-state index contributed by atoms with van der Waals surface area (Å²) < 4.78 is 1.28. The standard InChI is InChI=1S/C18H13Br/c19-17-11-5-10-16-14-7-2-1-6-12(14)13-8-3-4-9-15(13)18(16)17/h1-11,16,18H. The van der Waals surface area contributed by atoms with E-state index in [1.807, 2.05) is 0 Å². The molecule has 0 aliphatic heterocycles. The summed E-state index contributed by atoms with van der Waals surface area (Å²) in [6.07, 6.45) is 6.66. The molecule has 2 aromatic carbocycles. The third kappa shape index (κ3) is 1.58. The second kappa shape index (κ2) is 4.21. The normalized spacial score (nSPS) is 23.1. The molecule has 0 nitrogen and oxygen atoms in total. The number of halogens is 1. The van der Waals surface area contributed by atoms with E-state index >= 15 is 0 Å². The predicted molar refractivity (Wildman–Crippen MR) is 83.5 cm³/mol. The summed E-state index contributed by atoms with van der Waals surface area (Å²) in [5.41, 5.74) is 5.62. The van der Waals surface area contributed by atoms with Crippen LogP contribution in [0, 0.1) is 0 Å². The van der Waals surface area contributed by atoms with Crippen molar-refractivity contribution < 1.29 is 0 Å². The molecule has 0 N–H and O–H groups in total. The summed E-state index contributed by atoms with van der Waals surface area (Å²) in [6, 6.07) is 17.6. The Hall–Kier alpha value is -1.60. The summed E-state index contributed by atoms with van der Waals surface area (Å²) >= 11 is 3.76. The van der Waals surface area contributed by atoms with Crippen molar-refractivity contribution in [3.05, 3.63) is 82.4 Å². The van der Waals surface area contributed by atoms with Crippen LogP contribution in [0.25, 0.3) is 11.1 Å². The summed E-state index contributed by atoms with van der Waals surface area (Å²) in [5, 5.41) is 0. The van der Waals surface area contributed by atoms with E-state index in [0.717, 1.165) is 0 Å². The van der Waals surface area contributed by atoms with Gasteiger partial charge in [-0.05, 0) is 22.3 Å². The van der Waals surface area contributed by atoms with Gasteiger partial charge in [-0.15, -0.1) is 0 Å². The van der Waals surface area contributed by atoms with Crippen LogP contribution in [0.1, 0.15) is 23.0 Å². The molecule has 2 aromatic rings. The molecule has 2 aliphatic carbocycles. The minimum absolute atomic E-state index is 0.427. The van der Waals surface area contributed by atoms with Gasteiger partial charge in [0, 0.05) is 16.3 Å². The van der Waals surface area contributed by atoms with Crippen LogP contribution >= 0.6 is 15.9 Å². The lowest BCUT2D eigenvalue weighted by Crippen LogP contribution is -2.18. The smallest absolute Gasteiger partial charge is 0.0265 e. The first kappa shape index (κ1) is 11.2. The minimum Gasteiger partial charge on any atom is -0.0760 e. The Morgan fingerprint density at radius 3 is 2.21 bits per heavy atom. The van der Waals surface area contributed by atoms with E-state index in [1.54, 1.807) is 0 Å². The molecule has 2 unspecified atom stereocenters. The molecule has 2 aliphatic rings. The van der Waals surface area contributed by atoms with E-state index in [-0.39, 0.29) is 0 Å². The lowest BCUT2D eigenvalue weighted by Gasteiger charge is -2.35. The second-order valence-electron chi connectivity index (χ2n) is 5.11. The van der Waals surface area contributed by atoms with Crippen molar-refractivity contribution in [1.29, 1.82) is 0 Å². The zero-order chi connectivity index (χ0) is 12.8. The van der Waals surface area contributed by atoms with Gasteiger partial charge in [0.1, 0.15) is 0 Å². The van der Waals surface area contributed by atoms with Gasteiger partial charge in [0.2, 0.25) is 0 Å². The molecule has 0 saturated heterocycles. The number of rotatable bonds is 0. The third-order valence-electron chi connectivity index (χ3n) is 4.14. The Kier molecular flexibility index (Phi) is 2.49.